The van der Waals surface area contributed by atoms with Crippen LogP contribution in [0.5, 0.6) is 0 Å². The van der Waals surface area contributed by atoms with Crippen molar-refractivity contribution in [3.05, 3.63) is 15.6 Å². The van der Waals surface area contributed by atoms with E-state index in [0.717, 1.165) is 29.8 Å². The van der Waals surface area contributed by atoms with Crippen molar-refractivity contribution in [2.75, 3.05) is 26.8 Å². The predicted molar refractivity (Wildman–Crippen MR) is 91.7 cm³/mol. The topological polar surface area (TPSA) is 58.5 Å². The zero-order valence-corrected chi connectivity index (χ0v) is 15.1. The number of aliphatic imine (C=N–C) groups is 1. The van der Waals surface area contributed by atoms with Crippen molar-refractivity contribution < 1.29 is 4.74 Å². The normalized spacial score (nSPS) is 11.1. The molecule has 1 aromatic rings. The number of ether oxygens (including phenoxy) is 1. The summed E-state index contributed by atoms with van der Waals surface area (Å²) in [6.45, 7) is 8.99. The van der Waals surface area contributed by atoms with Crippen molar-refractivity contribution in [1.82, 2.24) is 15.6 Å². The van der Waals surface area contributed by atoms with Crippen LogP contribution in [0.2, 0.25) is 0 Å². The average molecular weight is 398 g/mol. The number of hydrogen-bond donors (Lipinski definition) is 2. The van der Waals surface area contributed by atoms with Crippen LogP contribution in [0.1, 0.15) is 22.5 Å². The highest BCUT2D eigenvalue weighted by molar-refractivity contribution is 14.0. The van der Waals surface area contributed by atoms with Crippen LogP contribution in [0.25, 0.3) is 0 Å². The van der Waals surface area contributed by atoms with Gasteiger partial charge in [-0.05, 0) is 20.8 Å². The number of nitrogens with zero attached hydrogens (tertiary/aromatic N) is 2. The van der Waals surface area contributed by atoms with E-state index in [1.165, 1.54) is 4.88 Å². The minimum atomic E-state index is 0. The van der Waals surface area contributed by atoms with Gasteiger partial charge in [0.2, 0.25) is 0 Å². The zero-order valence-electron chi connectivity index (χ0n) is 11.9. The molecule has 0 spiro atoms. The molecule has 0 unspecified atom stereocenters. The fourth-order valence-corrected chi connectivity index (χ4v) is 2.25. The number of halogens is 1. The zero-order chi connectivity index (χ0) is 13.4. The molecule has 0 saturated heterocycles. The molecular formula is C12H23IN4OS. The maximum absolute atomic E-state index is 5.25. The minimum Gasteiger partial charge on any atom is -0.380 e. The van der Waals surface area contributed by atoms with Crippen LogP contribution in [-0.4, -0.2) is 37.7 Å². The van der Waals surface area contributed by atoms with E-state index in [9.17, 15) is 0 Å². The van der Waals surface area contributed by atoms with Crippen molar-refractivity contribution in [3.63, 3.8) is 0 Å². The van der Waals surface area contributed by atoms with E-state index >= 15 is 0 Å². The van der Waals surface area contributed by atoms with Crippen LogP contribution in [0.4, 0.5) is 0 Å². The Bertz CT molecular complexity index is 376. The molecule has 0 saturated carbocycles. The van der Waals surface area contributed by atoms with Gasteiger partial charge >= 0.3 is 0 Å². The van der Waals surface area contributed by atoms with E-state index in [2.05, 4.69) is 27.5 Å². The molecule has 0 aliphatic rings. The number of hydrogen-bond acceptors (Lipinski definition) is 4. The average Bonchev–Trinajstić information content (AvgIpc) is 2.68. The molecule has 110 valence electrons. The van der Waals surface area contributed by atoms with Crippen molar-refractivity contribution in [1.29, 1.82) is 0 Å². The smallest absolute Gasteiger partial charge is 0.191 e. The number of rotatable bonds is 6. The molecule has 0 aliphatic carbocycles. The molecule has 0 amide bonds. The van der Waals surface area contributed by atoms with Gasteiger partial charge in [-0.15, -0.1) is 35.3 Å². The summed E-state index contributed by atoms with van der Waals surface area (Å²) in [7, 11) is 1.76. The SMILES string of the molecule is CCOCCNC(=NC)NCc1nc(C)c(C)s1.I. The molecule has 0 bridgehead atoms. The summed E-state index contributed by atoms with van der Waals surface area (Å²) in [4.78, 5) is 9.89. The summed E-state index contributed by atoms with van der Waals surface area (Å²) < 4.78 is 5.25. The van der Waals surface area contributed by atoms with Gasteiger partial charge in [0.15, 0.2) is 5.96 Å². The van der Waals surface area contributed by atoms with Crippen LogP contribution in [0, 0.1) is 13.8 Å². The summed E-state index contributed by atoms with van der Waals surface area (Å²) >= 11 is 1.72. The highest BCUT2D eigenvalue weighted by atomic mass is 127. The van der Waals surface area contributed by atoms with Crippen LogP contribution >= 0.6 is 35.3 Å². The molecule has 1 aromatic heterocycles. The van der Waals surface area contributed by atoms with Gasteiger partial charge in [0.05, 0.1) is 18.8 Å². The van der Waals surface area contributed by atoms with Gasteiger partial charge in [0.1, 0.15) is 5.01 Å². The van der Waals surface area contributed by atoms with E-state index in [1.807, 2.05) is 13.8 Å². The largest absolute Gasteiger partial charge is 0.380 e. The molecule has 2 N–H and O–H groups in total. The molecule has 1 rings (SSSR count). The number of aromatic nitrogens is 1. The van der Waals surface area contributed by atoms with E-state index < -0.39 is 0 Å². The Labute approximate surface area is 136 Å². The molecule has 7 heteroatoms. The molecule has 19 heavy (non-hydrogen) atoms. The fraction of sp³-hybridized carbons (Fsp3) is 0.667. The van der Waals surface area contributed by atoms with Crippen molar-refractivity contribution in [2.45, 2.75) is 27.3 Å². The molecule has 0 aliphatic heterocycles. The monoisotopic (exact) mass is 398 g/mol. The summed E-state index contributed by atoms with van der Waals surface area (Å²) in [5.41, 5.74) is 1.11. The van der Waals surface area contributed by atoms with Gasteiger partial charge in [0, 0.05) is 25.1 Å². The summed E-state index contributed by atoms with van der Waals surface area (Å²) in [5, 5.41) is 7.50. The fourth-order valence-electron chi connectivity index (χ4n) is 1.38. The third-order valence-electron chi connectivity index (χ3n) is 2.45. The molecule has 5 nitrogen and oxygen atoms in total. The Hall–Kier alpha value is -0.410. The molecule has 0 atom stereocenters. The highest BCUT2D eigenvalue weighted by Crippen LogP contribution is 2.15. The van der Waals surface area contributed by atoms with Crippen molar-refractivity contribution >= 4 is 41.3 Å². The lowest BCUT2D eigenvalue weighted by molar-refractivity contribution is 0.152. The first-order chi connectivity index (χ1) is 8.67. The van der Waals surface area contributed by atoms with Gasteiger partial charge in [-0.2, -0.15) is 0 Å². The molecular weight excluding hydrogens is 375 g/mol. The third-order valence-corrected chi connectivity index (χ3v) is 3.52. The first-order valence-electron chi connectivity index (χ1n) is 6.12. The Kier molecular flexibility index (Phi) is 10.2. The molecule has 1 heterocycles. The first kappa shape index (κ1) is 18.6. The van der Waals surface area contributed by atoms with E-state index in [0.29, 0.717) is 13.2 Å². The van der Waals surface area contributed by atoms with Gasteiger partial charge in [-0.25, -0.2) is 4.98 Å². The number of aryl methyl sites for hydroxylation is 2. The van der Waals surface area contributed by atoms with Gasteiger partial charge < -0.3 is 15.4 Å². The second-order valence-corrected chi connectivity index (χ2v) is 5.09. The summed E-state index contributed by atoms with van der Waals surface area (Å²) in [5.74, 6) is 0.778. The van der Waals surface area contributed by atoms with Crippen LogP contribution < -0.4 is 10.6 Å². The summed E-state index contributed by atoms with van der Waals surface area (Å²) in [6, 6.07) is 0. The lowest BCUT2D eigenvalue weighted by Crippen LogP contribution is -2.38. The first-order valence-corrected chi connectivity index (χ1v) is 6.94. The number of guanidine groups is 1. The van der Waals surface area contributed by atoms with Crippen molar-refractivity contribution in [2.24, 2.45) is 4.99 Å². The highest BCUT2D eigenvalue weighted by Gasteiger charge is 2.04. The minimum absolute atomic E-state index is 0. The van der Waals surface area contributed by atoms with Crippen LogP contribution in [0.15, 0.2) is 4.99 Å². The third kappa shape index (κ3) is 7.07. The van der Waals surface area contributed by atoms with E-state index in [1.54, 1.807) is 18.4 Å². The molecule has 0 radical (unpaired) electrons. The predicted octanol–water partition coefficient (Wildman–Crippen LogP) is 2.08. The van der Waals surface area contributed by atoms with E-state index in [-0.39, 0.29) is 24.0 Å². The van der Waals surface area contributed by atoms with Gasteiger partial charge in [-0.1, -0.05) is 0 Å². The lowest BCUT2D eigenvalue weighted by Gasteiger charge is -2.10. The second kappa shape index (κ2) is 10.4. The number of nitrogens with one attached hydrogen (secondary N) is 2. The van der Waals surface area contributed by atoms with Gasteiger partial charge in [0.25, 0.3) is 0 Å². The standard InChI is InChI=1S/C12H22N4OS.HI/c1-5-17-7-6-14-12(13-4)15-8-11-16-9(2)10(3)18-11;/h5-8H2,1-4H3,(H2,13,14,15);1H. The van der Waals surface area contributed by atoms with Gasteiger partial charge in [-0.3, -0.25) is 4.99 Å². The number of thiazole rings is 1. The van der Waals surface area contributed by atoms with Crippen LogP contribution in [-0.2, 0) is 11.3 Å². The van der Waals surface area contributed by atoms with E-state index in [4.69, 9.17) is 4.74 Å². The Morgan fingerprint density at radius 2 is 2.11 bits per heavy atom. The lowest BCUT2D eigenvalue weighted by atomic mass is 10.4. The molecule has 0 aromatic carbocycles. The quantitative estimate of drug-likeness (QED) is 0.334. The van der Waals surface area contributed by atoms with Crippen molar-refractivity contribution in [3.8, 4) is 0 Å². The van der Waals surface area contributed by atoms with Crippen LogP contribution in [0.3, 0.4) is 0 Å². The Balaban J connectivity index is 0.00000324. The molecule has 0 fully saturated rings. The second-order valence-electron chi connectivity index (χ2n) is 3.80. The maximum Gasteiger partial charge on any atom is 0.191 e. The maximum atomic E-state index is 5.25. The Morgan fingerprint density at radius 1 is 1.37 bits per heavy atom. The summed E-state index contributed by atoms with van der Waals surface area (Å²) in [6.07, 6.45) is 0. The Morgan fingerprint density at radius 3 is 2.63 bits per heavy atom.